The molecule has 0 unspecified atom stereocenters. The summed E-state index contributed by atoms with van der Waals surface area (Å²) >= 11 is 0. The molecule has 0 saturated carbocycles. The highest BCUT2D eigenvalue weighted by Gasteiger charge is 2.26. The van der Waals surface area contributed by atoms with Crippen LogP contribution in [0.3, 0.4) is 0 Å². The summed E-state index contributed by atoms with van der Waals surface area (Å²) in [5, 5.41) is 3.05. The summed E-state index contributed by atoms with van der Waals surface area (Å²) in [7, 11) is 0. The van der Waals surface area contributed by atoms with Crippen LogP contribution in [0.5, 0.6) is 11.5 Å². The number of fused-ring (bicyclic) bond motifs is 1. The Hall–Kier alpha value is -2.24. The zero-order valence-corrected chi connectivity index (χ0v) is 14.9. The lowest BCUT2D eigenvalue weighted by Crippen LogP contribution is -2.47. The molecule has 1 aromatic carbocycles. The summed E-state index contributed by atoms with van der Waals surface area (Å²) in [6.07, 6.45) is 2.41. The minimum Gasteiger partial charge on any atom is -0.490 e. The number of nitrogens with one attached hydrogen (secondary N) is 1. The van der Waals surface area contributed by atoms with Gasteiger partial charge in [-0.2, -0.15) is 0 Å². The van der Waals surface area contributed by atoms with Gasteiger partial charge in [-0.25, -0.2) is 0 Å². The third kappa shape index (κ3) is 4.24. The van der Waals surface area contributed by atoms with E-state index in [1.165, 1.54) is 0 Å². The maximum atomic E-state index is 12.8. The Balaban J connectivity index is 1.59. The number of nitrogens with zero attached hydrogens (tertiary/aromatic N) is 1. The fraction of sp³-hybridized carbons (Fsp3) is 0.579. The van der Waals surface area contributed by atoms with E-state index < -0.39 is 0 Å². The molecule has 0 aromatic heterocycles. The van der Waals surface area contributed by atoms with Crippen molar-refractivity contribution in [1.29, 1.82) is 0 Å². The average Bonchev–Trinajstić information content (AvgIpc) is 2.86. The van der Waals surface area contributed by atoms with Crippen LogP contribution in [0.25, 0.3) is 0 Å². The Morgan fingerprint density at radius 1 is 1.12 bits per heavy atom. The molecule has 2 aliphatic heterocycles. The van der Waals surface area contributed by atoms with E-state index in [-0.39, 0.29) is 23.8 Å². The van der Waals surface area contributed by atoms with E-state index in [9.17, 15) is 9.59 Å². The van der Waals surface area contributed by atoms with Gasteiger partial charge in [-0.3, -0.25) is 9.59 Å². The van der Waals surface area contributed by atoms with Crippen LogP contribution in [0.4, 0.5) is 0 Å². The normalized spacial score (nSPS) is 18.0. The number of likely N-dealkylation sites (tertiary alicyclic amines) is 1. The first-order chi connectivity index (χ1) is 12.0. The van der Waals surface area contributed by atoms with Gasteiger partial charge in [-0.1, -0.05) is 13.8 Å². The van der Waals surface area contributed by atoms with Crippen LogP contribution < -0.4 is 14.8 Å². The summed E-state index contributed by atoms with van der Waals surface area (Å²) in [6, 6.07) is 5.53. The van der Waals surface area contributed by atoms with Crippen LogP contribution in [0.15, 0.2) is 18.2 Å². The third-order valence-corrected chi connectivity index (χ3v) is 4.65. The van der Waals surface area contributed by atoms with E-state index in [4.69, 9.17) is 9.47 Å². The molecule has 2 heterocycles. The monoisotopic (exact) mass is 346 g/mol. The highest BCUT2D eigenvalue weighted by molar-refractivity contribution is 5.95. The first-order valence-corrected chi connectivity index (χ1v) is 9.04. The van der Waals surface area contributed by atoms with Crippen LogP contribution in [0.2, 0.25) is 0 Å². The van der Waals surface area contributed by atoms with Crippen molar-refractivity contribution in [3.8, 4) is 11.5 Å². The highest BCUT2D eigenvalue weighted by atomic mass is 16.5. The summed E-state index contributed by atoms with van der Waals surface area (Å²) in [6.45, 7) is 6.31. The highest BCUT2D eigenvalue weighted by Crippen LogP contribution is 2.31. The zero-order chi connectivity index (χ0) is 17.8. The number of benzene rings is 1. The standard InChI is InChI=1S/C19H26N2O4/c1-13(2)18(22)20-15-6-8-21(9-7-15)19(23)14-4-5-16-17(12-14)25-11-3-10-24-16/h4-5,12-13,15H,3,6-11H2,1-2H3,(H,20,22). The summed E-state index contributed by atoms with van der Waals surface area (Å²) in [5.41, 5.74) is 0.619. The molecule has 25 heavy (non-hydrogen) atoms. The van der Waals surface area contributed by atoms with Crippen molar-refractivity contribution in [1.82, 2.24) is 10.2 Å². The van der Waals surface area contributed by atoms with Gasteiger partial charge in [-0.15, -0.1) is 0 Å². The SMILES string of the molecule is CC(C)C(=O)NC1CCN(C(=O)c2ccc3c(c2)OCCCO3)CC1. The third-order valence-electron chi connectivity index (χ3n) is 4.65. The molecular weight excluding hydrogens is 320 g/mol. The molecule has 1 saturated heterocycles. The van der Waals surface area contributed by atoms with Gasteiger partial charge in [0.05, 0.1) is 13.2 Å². The lowest BCUT2D eigenvalue weighted by Gasteiger charge is -2.33. The second-order valence-corrected chi connectivity index (χ2v) is 6.94. The molecule has 2 amide bonds. The molecule has 136 valence electrons. The maximum absolute atomic E-state index is 12.8. The Morgan fingerprint density at radius 3 is 2.48 bits per heavy atom. The molecular formula is C19H26N2O4. The Morgan fingerprint density at radius 2 is 1.80 bits per heavy atom. The molecule has 1 N–H and O–H groups in total. The van der Waals surface area contributed by atoms with Crippen molar-refractivity contribution < 1.29 is 19.1 Å². The number of hydrogen-bond donors (Lipinski definition) is 1. The van der Waals surface area contributed by atoms with Gasteiger partial charge >= 0.3 is 0 Å². The first-order valence-electron chi connectivity index (χ1n) is 9.04. The quantitative estimate of drug-likeness (QED) is 0.911. The molecule has 0 radical (unpaired) electrons. The minimum absolute atomic E-state index is 0.00397. The van der Waals surface area contributed by atoms with E-state index in [2.05, 4.69) is 5.32 Å². The lowest BCUT2D eigenvalue weighted by molar-refractivity contribution is -0.124. The Labute approximate surface area is 148 Å². The van der Waals surface area contributed by atoms with E-state index in [1.807, 2.05) is 24.8 Å². The molecule has 0 atom stereocenters. The maximum Gasteiger partial charge on any atom is 0.253 e. The van der Waals surface area contributed by atoms with Gasteiger partial charge in [0.25, 0.3) is 5.91 Å². The van der Waals surface area contributed by atoms with Gasteiger partial charge in [0, 0.05) is 37.0 Å². The first kappa shape index (κ1) is 17.6. The van der Waals surface area contributed by atoms with Crippen LogP contribution in [-0.2, 0) is 4.79 Å². The predicted octanol–water partition coefficient (Wildman–Crippen LogP) is 2.22. The smallest absolute Gasteiger partial charge is 0.253 e. The van der Waals surface area contributed by atoms with E-state index in [0.29, 0.717) is 43.4 Å². The van der Waals surface area contributed by atoms with Gasteiger partial charge < -0.3 is 19.7 Å². The largest absolute Gasteiger partial charge is 0.490 e. The number of carbonyl (C=O) groups excluding carboxylic acids is 2. The Bertz CT molecular complexity index is 636. The van der Waals surface area contributed by atoms with E-state index in [0.717, 1.165) is 19.3 Å². The molecule has 0 spiro atoms. The molecule has 1 fully saturated rings. The minimum atomic E-state index is -0.0125. The van der Waals surface area contributed by atoms with Crippen molar-refractivity contribution in [3.05, 3.63) is 23.8 Å². The van der Waals surface area contributed by atoms with E-state index >= 15 is 0 Å². The fourth-order valence-corrected chi connectivity index (χ4v) is 3.07. The second-order valence-electron chi connectivity index (χ2n) is 6.94. The van der Waals surface area contributed by atoms with Crippen LogP contribution in [0.1, 0.15) is 43.5 Å². The van der Waals surface area contributed by atoms with Crippen molar-refractivity contribution in [3.63, 3.8) is 0 Å². The van der Waals surface area contributed by atoms with Crippen LogP contribution >= 0.6 is 0 Å². The topological polar surface area (TPSA) is 67.9 Å². The molecule has 6 nitrogen and oxygen atoms in total. The van der Waals surface area contributed by atoms with Gasteiger partial charge in [0.2, 0.25) is 5.91 Å². The number of amides is 2. The van der Waals surface area contributed by atoms with Crippen molar-refractivity contribution in [2.24, 2.45) is 5.92 Å². The van der Waals surface area contributed by atoms with Crippen LogP contribution in [0, 0.1) is 5.92 Å². The zero-order valence-electron chi connectivity index (χ0n) is 14.9. The summed E-state index contributed by atoms with van der Waals surface area (Å²) < 4.78 is 11.3. The van der Waals surface area contributed by atoms with Gasteiger partial charge in [-0.05, 0) is 31.0 Å². The van der Waals surface area contributed by atoms with Crippen molar-refractivity contribution in [2.45, 2.75) is 39.2 Å². The predicted molar refractivity (Wildman–Crippen MR) is 94.0 cm³/mol. The molecule has 1 aromatic rings. The van der Waals surface area contributed by atoms with Gasteiger partial charge in [0.15, 0.2) is 11.5 Å². The Kier molecular flexibility index (Phi) is 5.46. The molecule has 0 bridgehead atoms. The fourth-order valence-electron chi connectivity index (χ4n) is 3.07. The van der Waals surface area contributed by atoms with Gasteiger partial charge in [0.1, 0.15) is 0 Å². The molecule has 2 aliphatic rings. The number of rotatable bonds is 3. The second kappa shape index (κ2) is 7.76. The number of carbonyl (C=O) groups is 2. The molecule has 6 heteroatoms. The van der Waals surface area contributed by atoms with Crippen LogP contribution in [-0.4, -0.2) is 49.1 Å². The summed E-state index contributed by atoms with van der Waals surface area (Å²) in [4.78, 5) is 26.4. The number of piperidine rings is 1. The van der Waals surface area contributed by atoms with Crippen molar-refractivity contribution >= 4 is 11.8 Å². The number of ether oxygens (including phenoxy) is 2. The van der Waals surface area contributed by atoms with E-state index in [1.54, 1.807) is 12.1 Å². The number of hydrogen-bond acceptors (Lipinski definition) is 4. The lowest BCUT2D eigenvalue weighted by atomic mass is 10.0. The summed E-state index contributed by atoms with van der Waals surface area (Å²) in [5.74, 6) is 1.41. The molecule has 3 rings (SSSR count). The average molecular weight is 346 g/mol. The van der Waals surface area contributed by atoms with Crippen molar-refractivity contribution in [2.75, 3.05) is 26.3 Å². The molecule has 0 aliphatic carbocycles.